The summed E-state index contributed by atoms with van der Waals surface area (Å²) in [6.07, 6.45) is 3.70. The molecule has 1 aliphatic rings. The Balaban J connectivity index is 2.16. The second-order valence-electron chi connectivity index (χ2n) is 5.88. The van der Waals surface area contributed by atoms with E-state index in [-0.39, 0.29) is 5.75 Å². The van der Waals surface area contributed by atoms with Crippen LogP contribution in [0, 0.1) is 5.92 Å². The molecule has 3 rings (SSSR count). The van der Waals surface area contributed by atoms with E-state index in [4.69, 9.17) is 4.74 Å². The zero-order valence-corrected chi connectivity index (χ0v) is 15.1. The third kappa shape index (κ3) is 3.46. The Morgan fingerprint density at radius 1 is 1.41 bits per heavy atom. The standard InChI is InChI=1S/C15H19BrN2O3S/c1-3-21-15-17-14-11(9-22(2,19)20)6-12(16)7-13(14)18(15)8-10-4-5-10/h6-7,10H,3-5,8-9H2,1-2H3. The predicted molar refractivity (Wildman–Crippen MR) is 89.9 cm³/mol. The van der Waals surface area contributed by atoms with Crippen molar-refractivity contribution in [2.24, 2.45) is 5.92 Å². The first-order chi connectivity index (χ1) is 10.4. The Hall–Kier alpha value is -1.08. The molecular weight excluding hydrogens is 368 g/mol. The summed E-state index contributed by atoms with van der Waals surface area (Å²) < 4.78 is 32.0. The molecule has 0 N–H and O–H groups in total. The highest BCUT2D eigenvalue weighted by Gasteiger charge is 2.26. The molecule has 1 aromatic carbocycles. The number of rotatable bonds is 6. The van der Waals surface area contributed by atoms with Crippen LogP contribution in [-0.4, -0.2) is 30.8 Å². The average molecular weight is 387 g/mol. The van der Waals surface area contributed by atoms with Crippen molar-refractivity contribution in [2.45, 2.75) is 32.1 Å². The van der Waals surface area contributed by atoms with Crippen LogP contribution < -0.4 is 4.74 Å². The van der Waals surface area contributed by atoms with Crippen LogP contribution in [0.1, 0.15) is 25.3 Å². The number of nitrogens with zero attached hydrogens (tertiary/aromatic N) is 2. The van der Waals surface area contributed by atoms with E-state index in [9.17, 15) is 8.42 Å². The highest BCUT2D eigenvalue weighted by molar-refractivity contribution is 9.10. The molecule has 1 aromatic heterocycles. The molecule has 0 saturated heterocycles. The zero-order valence-electron chi connectivity index (χ0n) is 12.7. The number of benzene rings is 1. The van der Waals surface area contributed by atoms with Gasteiger partial charge in [-0.2, -0.15) is 4.98 Å². The Bertz CT molecular complexity index is 810. The Labute approximate surface area is 138 Å². The van der Waals surface area contributed by atoms with Gasteiger partial charge in [-0.3, -0.25) is 4.57 Å². The van der Waals surface area contributed by atoms with Crippen LogP contribution in [0.3, 0.4) is 0 Å². The normalized spacial score (nSPS) is 15.4. The molecule has 2 aromatic rings. The molecule has 1 fully saturated rings. The van der Waals surface area contributed by atoms with Gasteiger partial charge in [-0.25, -0.2) is 8.42 Å². The van der Waals surface area contributed by atoms with Crippen LogP contribution in [0.4, 0.5) is 0 Å². The van der Waals surface area contributed by atoms with Gasteiger partial charge in [0.15, 0.2) is 9.84 Å². The molecule has 120 valence electrons. The van der Waals surface area contributed by atoms with Crippen molar-refractivity contribution in [1.29, 1.82) is 0 Å². The average Bonchev–Trinajstić information content (AvgIpc) is 3.14. The molecular formula is C15H19BrN2O3S. The lowest BCUT2D eigenvalue weighted by Gasteiger charge is -2.08. The molecule has 0 spiro atoms. The molecule has 5 nitrogen and oxygen atoms in total. The van der Waals surface area contributed by atoms with Crippen LogP contribution in [0.5, 0.6) is 6.01 Å². The number of fused-ring (bicyclic) bond motifs is 1. The van der Waals surface area contributed by atoms with E-state index in [1.54, 1.807) is 0 Å². The molecule has 0 atom stereocenters. The summed E-state index contributed by atoms with van der Waals surface area (Å²) in [5.41, 5.74) is 2.36. The fraction of sp³-hybridized carbons (Fsp3) is 0.533. The number of aromatic nitrogens is 2. The molecule has 1 heterocycles. The van der Waals surface area contributed by atoms with Gasteiger partial charge in [0.05, 0.1) is 23.4 Å². The summed E-state index contributed by atoms with van der Waals surface area (Å²) in [6, 6.07) is 4.39. The van der Waals surface area contributed by atoms with Crippen molar-refractivity contribution >= 4 is 36.8 Å². The van der Waals surface area contributed by atoms with Gasteiger partial charge in [0.25, 0.3) is 6.01 Å². The Kier molecular flexibility index (Phi) is 4.20. The van der Waals surface area contributed by atoms with Crippen molar-refractivity contribution in [3.8, 4) is 6.01 Å². The molecule has 0 radical (unpaired) electrons. The van der Waals surface area contributed by atoms with Gasteiger partial charge in [-0.1, -0.05) is 15.9 Å². The number of hydrogen-bond acceptors (Lipinski definition) is 4. The van der Waals surface area contributed by atoms with Gasteiger partial charge in [-0.15, -0.1) is 0 Å². The van der Waals surface area contributed by atoms with Gasteiger partial charge < -0.3 is 4.74 Å². The summed E-state index contributed by atoms with van der Waals surface area (Å²) in [4.78, 5) is 4.56. The van der Waals surface area contributed by atoms with E-state index < -0.39 is 9.84 Å². The van der Waals surface area contributed by atoms with E-state index in [2.05, 4.69) is 25.5 Å². The summed E-state index contributed by atoms with van der Waals surface area (Å²) >= 11 is 3.48. The van der Waals surface area contributed by atoms with Crippen LogP contribution in [0.25, 0.3) is 11.0 Å². The number of sulfone groups is 1. The largest absolute Gasteiger partial charge is 0.465 e. The zero-order chi connectivity index (χ0) is 15.9. The molecule has 7 heteroatoms. The Morgan fingerprint density at radius 2 is 2.14 bits per heavy atom. The highest BCUT2D eigenvalue weighted by atomic mass is 79.9. The van der Waals surface area contributed by atoms with Crippen LogP contribution in [-0.2, 0) is 22.1 Å². The van der Waals surface area contributed by atoms with E-state index in [0.29, 0.717) is 24.1 Å². The lowest BCUT2D eigenvalue weighted by Crippen LogP contribution is -2.05. The van der Waals surface area contributed by atoms with E-state index >= 15 is 0 Å². The maximum Gasteiger partial charge on any atom is 0.297 e. The SMILES string of the molecule is CCOc1nc2c(CS(C)(=O)=O)cc(Br)cc2n1CC1CC1. The van der Waals surface area contributed by atoms with Crippen molar-refractivity contribution in [3.05, 3.63) is 22.2 Å². The first-order valence-electron chi connectivity index (χ1n) is 7.36. The van der Waals surface area contributed by atoms with E-state index in [1.807, 2.05) is 19.1 Å². The van der Waals surface area contributed by atoms with Crippen LogP contribution >= 0.6 is 15.9 Å². The van der Waals surface area contributed by atoms with Gasteiger partial charge in [0, 0.05) is 17.3 Å². The quantitative estimate of drug-likeness (QED) is 0.764. The number of hydrogen-bond donors (Lipinski definition) is 0. The number of halogens is 1. The molecule has 0 amide bonds. The second kappa shape index (κ2) is 5.85. The smallest absolute Gasteiger partial charge is 0.297 e. The topological polar surface area (TPSA) is 61.2 Å². The van der Waals surface area contributed by atoms with Gasteiger partial charge in [0.1, 0.15) is 0 Å². The molecule has 1 saturated carbocycles. The lowest BCUT2D eigenvalue weighted by molar-refractivity contribution is 0.296. The molecule has 0 aliphatic heterocycles. The summed E-state index contributed by atoms with van der Waals surface area (Å²) in [5.74, 6) is 0.656. The summed E-state index contributed by atoms with van der Waals surface area (Å²) in [7, 11) is -3.12. The van der Waals surface area contributed by atoms with Crippen LogP contribution in [0.15, 0.2) is 16.6 Å². The predicted octanol–water partition coefficient (Wildman–Crippen LogP) is 3.15. The third-order valence-corrected chi connectivity index (χ3v) is 4.98. The van der Waals surface area contributed by atoms with Gasteiger partial charge in [0.2, 0.25) is 0 Å². The fourth-order valence-corrected chi connectivity index (χ4v) is 3.88. The van der Waals surface area contributed by atoms with Crippen molar-refractivity contribution < 1.29 is 13.2 Å². The highest BCUT2D eigenvalue weighted by Crippen LogP contribution is 2.35. The van der Waals surface area contributed by atoms with Gasteiger partial charge in [-0.05, 0) is 43.4 Å². The van der Waals surface area contributed by atoms with Crippen molar-refractivity contribution in [2.75, 3.05) is 12.9 Å². The minimum atomic E-state index is -3.12. The molecule has 0 bridgehead atoms. The summed E-state index contributed by atoms with van der Waals surface area (Å²) in [6.45, 7) is 3.34. The maximum absolute atomic E-state index is 11.7. The number of ether oxygens (including phenoxy) is 1. The fourth-order valence-electron chi connectivity index (χ4n) is 2.60. The second-order valence-corrected chi connectivity index (χ2v) is 8.94. The van der Waals surface area contributed by atoms with Crippen molar-refractivity contribution in [1.82, 2.24) is 9.55 Å². The first kappa shape index (κ1) is 15.8. The maximum atomic E-state index is 11.7. The third-order valence-electron chi connectivity index (χ3n) is 3.69. The van der Waals surface area contributed by atoms with E-state index in [0.717, 1.165) is 22.1 Å². The minimum Gasteiger partial charge on any atom is -0.465 e. The van der Waals surface area contributed by atoms with Crippen molar-refractivity contribution in [3.63, 3.8) is 0 Å². The van der Waals surface area contributed by atoms with E-state index in [1.165, 1.54) is 19.1 Å². The monoisotopic (exact) mass is 386 g/mol. The minimum absolute atomic E-state index is 0.0189. The number of imidazole rings is 1. The molecule has 1 aliphatic carbocycles. The summed E-state index contributed by atoms with van der Waals surface area (Å²) in [5, 5.41) is 0. The first-order valence-corrected chi connectivity index (χ1v) is 10.2. The Morgan fingerprint density at radius 3 is 2.73 bits per heavy atom. The van der Waals surface area contributed by atoms with Crippen LogP contribution in [0.2, 0.25) is 0 Å². The van der Waals surface area contributed by atoms with Gasteiger partial charge >= 0.3 is 0 Å². The molecule has 22 heavy (non-hydrogen) atoms. The lowest BCUT2D eigenvalue weighted by atomic mass is 10.2. The molecule has 0 unspecified atom stereocenters.